The van der Waals surface area contributed by atoms with Crippen LogP contribution in [0.5, 0.6) is 0 Å². The lowest BCUT2D eigenvalue weighted by Crippen LogP contribution is -1.89. The van der Waals surface area contributed by atoms with Gasteiger partial charge >= 0.3 is 0 Å². The molecule has 3 heteroatoms. The maximum absolute atomic E-state index is 4.34. The summed E-state index contributed by atoms with van der Waals surface area (Å²) < 4.78 is 0. The molecule has 1 aliphatic rings. The second-order valence-corrected chi connectivity index (χ2v) is 3.20. The summed E-state index contributed by atoms with van der Waals surface area (Å²) in [5, 5.41) is 7.05. The van der Waals surface area contributed by atoms with Crippen LogP contribution in [-0.4, -0.2) is 15.2 Å². The second-order valence-electron chi connectivity index (χ2n) is 3.20. The first-order valence-electron chi connectivity index (χ1n) is 4.28. The molecule has 1 fully saturated rings. The molecule has 0 aromatic carbocycles. The molecular formula is C8H13N3. The van der Waals surface area contributed by atoms with E-state index in [9.17, 15) is 0 Å². The number of hydrogen-bond donors (Lipinski definition) is 1. The summed E-state index contributed by atoms with van der Waals surface area (Å²) >= 11 is 0. The van der Waals surface area contributed by atoms with Crippen LogP contribution in [0.15, 0.2) is 0 Å². The summed E-state index contributed by atoms with van der Waals surface area (Å²) in [4.78, 5) is 4.34. The summed E-state index contributed by atoms with van der Waals surface area (Å²) in [5.41, 5.74) is 0. The van der Waals surface area contributed by atoms with Gasteiger partial charge in [-0.25, -0.2) is 4.98 Å². The number of nitrogens with zero attached hydrogens (tertiary/aromatic N) is 2. The minimum atomic E-state index is 0.896. The summed E-state index contributed by atoms with van der Waals surface area (Å²) in [5.74, 6) is 2.91. The number of aromatic nitrogens is 3. The molecule has 3 nitrogen and oxygen atoms in total. The molecule has 60 valence electrons. The van der Waals surface area contributed by atoms with Gasteiger partial charge < -0.3 is 0 Å². The minimum absolute atomic E-state index is 0.896. The van der Waals surface area contributed by atoms with E-state index in [-0.39, 0.29) is 0 Å². The number of H-pyrrole nitrogens is 1. The van der Waals surface area contributed by atoms with E-state index in [0.29, 0.717) is 0 Å². The van der Waals surface area contributed by atoms with Gasteiger partial charge in [0.1, 0.15) is 11.6 Å². The lowest BCUT2D eigenvalue weighted by molar-refractivity contribution is 0.774. The quantitative estimate of drug-likeness (QED) is 0.707. The van der Waals surface area contributed by atoms with Crippen LogP contribution in [0, 0.1) is 5.92 Å². The van der Waals surface area contributed by atoms with E-state index in [0.717, 1.165) is 30.4 Å². The fourth-order valence-electron chi connectivity index (χ4n) is 1.18. The van der Waals surface area contributed by atoms with Crippen LogP contribution >= 0.6 is 0 Å². The zero-order valence-electron chi connectivity index (χ0n) is 6.80. The van der Waals surface area contributed by atoms with Gasteiger partial charge in [-0.05, 0) is 18.8 Å². The highest BCUT2D eigenvalue weighted by Crippen LogP contribution is 2.31. The summed E-state index contributed by atoms with van der Waals surface area (Å²) in [6, 6.07) is 0. The Morgan fingerprint density at radius 2 is 2.36 bits per heavy atom. The van der Waals surface area contributed by atoms with Crippen molar-refractivity contribution in [2.75, 3.05) is 0 Å². The van der Waals surface area contributed by atoms with Gasteiger partial charge in [-0.3, -0.25) is 5.10 Å². The van der Waals surface area contributed by atoms with Crippen molar-refractivity contribution in [1.82, 2.24) is 15.2 Å². The molecule has 0 aliphatic heterocycles. The number of aryl methyl sites for hydroxylation is 1. The number of rotatable bonds is 3. The standard InChI is InChI=1S/C8H13N3/c1-2-7-9-8(11-10-7)5-6-3-4-6/h6H,2-5H2,1H3,(H,9,10,11). The van der Waals surface area contributed by atoms with E-state index in [4.69, 9.17) is 0 Å². The third-order valence-corrected chi connectivity index (χ3v) is 2.07. The van der Waals surface area contributed by atoms with Gasteiger partial charge in [-0.2, -0.15) is 5.10 Å². The van der Waals surface area contributed by atoms with Crippen molar-refractivity contribution < 1.29 is 0 Å². The molecule has 2 rings (SSSR count). The van der Waals surface area contributed by atoms with Gasteiger partial charge in [0, 0.05) is 12.8 Å². The summed E-state index contributed by atoms with van der Waals surface area (Å²) in [7, 11) is 0. The fraction of sp³-hybridized carbons (Fsp3) is 0.750. The molecule has 1 N–H and O–H groups in total. The predicted molar refractivity (Wildman–Crippen MR) is 42.2 cm³/mol. The van der Waals surface area contributed by atoms with Crippen LogP contribution in [0.3, 0.4) is 0 Å². The molecule has 0 radical (unpaired) electrons. The maximum Gasteiger partial charge on any atom is 0.150 e. The van der Waals surface area contributed by atoms with E-state index in [2.05, 4.69) is 22.1 Å². The number of aromatic amines is 1. The third kappa shape index (κ3) is 1.59. The lowest BCUT2D eigenvalue weighted by atomic mass is 10.3. The van der Waals surface area contributed by atoms with Gasteiger partial charge in [0.15, 0.2) is 0 Å². The average molecular weight is 151 g/mol. The highest BCUT2D eigenvalue weighted by Gasteiger charge is 2.22. The highest BCUT2D eigenvalue weighted by atomic mass is 15.2. The minimum Gasteiger partial charge on any atom is -0.263 e. The molecule has 11 heavy (non-hydrogen) atoms. The Morgan fingerprint density at radius 1 is 1.55 bits per heavy atom. The third-order valence-electron chi connectivity index (χ3n) is 2.07. The zero-order valence-corrected chi connectivity index (χ0v) is 6.80. The maximum atomic E-state index is 4.34. The largest absolute Gasteiger partial charge is 0.263 e. The van der Waals surface area contributed by atoms with Crippen LogP contribution < -0.4 is 0 Å². The molecule has 1 aromatic heterocycles. The lowest BCUT2D eigenvalue weighted by Gasteiger charge is -1.87. The molecule has 1 aromatic rings. The Kier molecular flexibility index (Phi) is 1.64. The molecule has 1 aliphatic carbocycles. The van der Waals surface area contributed by atoms with E-state index in [1.54, 1.807) is 0 Å². The van der Waals surface area contributed by atoms with Crippen LogP contribution in [0.1, 0.15) is 31.4 Å². The smallest absolute Gasteiger partial charge is 0.150 e. The number of hydrogen-bond acceptors (Lipinski definition) is 2. The molecule has 0 bridgehead atoms. The van der Waals surface area contributed by atoms with Crippen molar-refractivity contribution in [2.24, 2.45) is 5.92 Å². The Balaban J connectivity index is 1.99. The average Bonchev–Trinajstić information content (AvgIpc) is 2.68. The van der Waals surface area contributed by atoms with Crippen molar-refractivity contribution in [3.05, 3.63) is 11.6 Å². The predicted octanol–water partition coefficient (Wildman–Crippen LogP) is 1.32. The van der Waals surface area contributed by atoms with Crippen LogP contribution in [0.2, 0.25) is 0 Å². The van der Waals surface area contributed by atoms with Crippen LogP contribution in [-0.2, 0) is 12.8 Å². The van der Waals surface area contributed by atoms with E-state index in [1.165, 1.54) is 12.8 Å². The SMILES string of the molecule is CCc1n[nH]c(CC2CC2)n1. The zero-order chi connectivity index (χ0) is 7.68. The Hall–Kier alpha value is -0.860. The molecule has 1 heterocycles. The summed E-state index contributed by atoms with van der Waals surface area (Å²) in [6.07, 6.45) is 4.79. The Bertz CT molecular complexity index is 237. The molecule has 0 atom stereocenters. The van der Waals surface area contributed by atoms with Gasteiger partial charge in [-0.1, -0.05) is 6.92 Å². The van der Waals surface area contributed by atoms with Gasteiger partial charge in [0.25, 0.3) is 0 Å². The van der Waals surface area contributed by atoms with Crippen molar-refractivity contribution in [2.45, 2.75) is 32.6 Å². The van der Waals surface area contributed by atoms with Crippen molar-refractivity contribution in [3.63, 3.8) is 0 Å². The topological polar surface area (TPSA) is 41.6 Å². The van der Waals surface area contributed by atoms with Crippen molar-refractivity contribution in [1.29, 1.82) is 0 Å². The van der Waals surface area contributed by atoms with Crippen LogP contribution in [0.25, 0.3) is 0 Å². The monoisotopic (exact) mass is 151 g/mol. The first kappa shape index (κ1) is 6.83. The van der Waals surface area contributed by atoms with Gasteiger partial charge in [0.05, 0.1) is 0 Å². The van der Waals surface area contributed by atoms with E-state index in [1.807, 2.05) is 0 Å². The Morgan fingerprint density at radius 3 is 2.91 bits per heavy atom. The number of nitrogens with one attached hydrogen (secondary N) is 1. The Labute approximate surface area is 66.2 Å². The first-order chi connectivity index (χ1) is 5.38. The molecule has 0 unspecified atom stereocenters. The molecular weight excluding hydrogens is 138 g/mol. The van der Waals surface area contributed by atoms with Crippen molar-refractivity contribution in [3.8, 4) is 0 Å². The van der Waals surface area contributed by atoms with Gasteiger partial charge in [-0.15, -0.1) is 0 Å². The molecule has 0 amide bonds. The molecule has 0 spiro atoms. The van der Waals surface area contributed by atoms with E-state index < -0.39 is 0 Å². The molecule has 0 saturated heterocycles. The highest BCUT2D eigenvalue weighted by molar-refractivity contribution is 4.94. The van der Waals surface area contributed by atoms with E-state index >= 15 is 0 Å². The van der Waals surface area contributed by atoms with Crippen LogP contribution in [0.4, 0.5) is 0 Å². The fourth-order valence-corrected chi connectivity index (χ4v) is 1.18. The normalized spacial score (nSPS) is 17.2. The summed E-state index contributed by atoms with van der Waals surface area (Å²) in [6.45, 7) is 2.07. The molecule has 1 saturated carbocycles. The first-order valence-corrected chi connectivity index (χ1v) is 4.28. The van der Waals surface area contributed by atoms with Crippen molar-refractivity contribution >= 4 is 0 Å². The van der Waals surface area contributed by atoms with Gasteiger partial charge in [0.2, 0.25) is 0 Å². The second kappa shape index (κ2) is 2.64.